The average molecular weight is 278 g/mol. The summed E-state index contributed by atoms with van der Waals surface area (Å²) in [7, 11) is 1.59. The first-order valence-electron chi connectivity index (χ1n) is 5.76. The second-order valence-electron chi connectivity index (χ2n) is 3.72. The van der Waals surface area contributed by atoms with E-state index in [9.17, 15) is 4.79 Å². The number of ether oxygens (including phenoxy) is 2. The van der Waals surface area contributed by atoms with E-state index < -0.39 is 5.91 Å². The minimum absolute atomic E-state index is 0.00941. The van der Waals surface area contributed by atoms with E-state index in [1.807, 2.05) is 0 Å². The predicted molar refractivity (Wildman–Crippen MR) is 70.4 cm³/mol. The van der Waals surface area contributed by atoms with E-state index in [1.54, 1.807) is 19.2 Å². The molecule has 0 saturated carbocycles. The molecule has 2 heterocycles. The number of nitrogens with two attached hydrogens (primary N) is 1. The van der Waals surface area contributed by atoms with Gasteiger partial charge in [0.25, 0.3) is 5.91 Å². The van der Waals surface area contributed by atoms with Gasteiger partial charge >= 0.3 is 0 Å². The van der Waals surface area contributed by atoms with Crippen molar-refractivity contribution in [2.45, 2.75) is 0 Å². The zero-order valence-electron chi connectivity index (χ0n) is 10.8. The predicted octanol–water partition coefficient (Wildman–Crippen LogP) is 0.0594. The third kappa shape index (κ3) is 3.65. The van der Waals surface area contributed by atoms with E-state index in [2.05, 4.69) is 25.5 Å². The highest BCUT2D eigenvalue weighted by molar-refractivity contribution is 6.01. The summed E-state index contributed by atoms with van der Waals surface area (Å²) in [5.74, 6) is 0.0334. The van der Waals surface area contributed by atoms with Crippen molar-refractivity contribution in [2.24, 2.45) is 0 Å². The Morgan fingerprint density at radius 3 is 2.90 bits per heavy atom. The Hall–Kier alpha value is -2.68. The lowest BCUT2D eigenvalue weighted by atomic mass is 10.4. The van der Waals surface area contributed by atoms with Gasteiger partial charge in [-0.25, -0.2) is 4.98 Å². The summed E-state index contributed by atoms with van der Waals surface area (Å²) in [6.45, 7) is 0.889. The van der Waals surface area contributed by atoms with Crippen molar-refractivity contribution in [1.82, 2.24) is 20.2 Å². The molecule has 1 amide bonds. The normalized spacial score (nSPS) is 10.2. The summed E-state index contributed by atoms with van der Waals surface area (Å²) >= 11 is 0. The highest BCUT2D eigenvalue weighted by Crippen LogP contribution is 2.12. The van der Waals surface area contributed by atoms with Crippen LogP contribution in [-0.4, -0.2) is 46.4 Å². The number of hydrogen-bond donors (Lipinski definition) is 3. The monoisotopic (exact) mass is 278 g/mol. The van der Waals surface area contributed by atoms with Crippen LogP contribution in [0.5, 0.6) is 5.88 Å². The van der Waals surface area contributed by atoms with Crippen LogP contribution in [0, 0.1) is 0 Å². The van der Waals surface area contributed by atoms with Gasteiger partial charge in [-0.05, 0) is 6.07 Å². The summed E-state index contributed by atoms with van der Waals surface area (Å²) in [6.07, 6.45) is 1.47. The minimum Gasteiger partial charge on any atom is -0.475 e. The lowest BCUT2D eigenvalue weighted by Gasteiger charge is -2.06. The van der Waals surface area contributed by atoms with Crippen LogP contribution in [0.15, 0.2) is 18.3 Å². The van der Waals surface area contributed by atoms with Gasteiger partial charge < -0.3 is 20.5 Å². The van der Waals surface area contributed by atoms with Crippen LogP contribution in [0.1, 0.15) is 10.6 Å². The van der Waals surface area contributed by atoms with Crippen molar-refractivity contribution in [1.29, 1.82) is 0 Å². The van der Waals surface area contributed by atoms with Gasteiger partial charge in [0.15, 0.2) is 0 Å². The van der Waals surface area contributed by atoms with Gasteiger partial charge in [-0.3, -0.25) is 9.89 Å². The molecule has 9 heteroatoms. The maximum atomic E-state index is 11.7. The first-order chi connectivity index (χ1) is 9.69. The number of H-pyrrole nitrogens is 1. The zero-order valence-corrected chi connectivity index (χ0v) is 10.8. The molecule has 2 aromatic heterocycles. The van der Waals surface area contributed by atoms with Crippen molar-refractivity contribution in [3.05, 3.63) is 24.2 Å². The van der Waals surface area contributed by atoms with Crippen LogP contribution in [0.3, 0.4) is 0 Å². The van der Waals surface area contributed by atoms with E-state index >= 15 is 0 Å². The minimum atomic E-state index is -0.455. The molecule has 9 nitrogen and oxygen atoms in total. The fourth-order valence-electron chi connectivity index (χ4n) is 1.34. The number of carbonyl (C=O) groups excluding carboxylic acids is 1. The fraction of sp³-hybridized carbons (Fsp3) is 0.273. The summed E-state index contributed by atoms with van der Waals surface area (Å²) < 4.78 is 10.2. The number of carbonyl (C=O) groups is 1. The van der Waals surface area contributed by atoms with Gasteiger partial charge in [-0.15, -0.1) is 5.10 Å². The first-order valence-corrected chi connectivity index (χ1v) is 5.76. The Bertz CT molecular complexity index is 568. The number of aromatic nitrogens is 4. The fourth-order valence-corrected chi connectivity index (χ4v) is 1.34. The highest BCUT2D eigenvalue weighted by Gasteiger charge is 2.11. The maximum absolute atomic E-state index is 11.7. The molecule has 0 bridgehead atoms. The second kappa shape index (κ2) is 6.48. The van der Waals surface area contributed by atoms with E-state index in [0.717, 1.165) is 0 Å². The molecule has 0 fully saturated rings. The quantitative estimate of drug-likeness (QED) is 0.637. The molecule has 2 rings (SSSR count). The van der Waals surface area contributed by atoms with Crippen LogP contribution >= 0.6 is 0 Å². The maximum Gasteiger partial charge on any atom is 0.293 e. The molecule has 0 aliphatic carbocycles. The molecule has 0 radical (unpaired) electrons. The Morgan fingerprint density at radius 2 is 2.30 bits per heavy atom. The smallest absolute Gasteiger partial charge is 0.293 e. The Kier molecular flexibility index (Phi) is 4.45. The standard InChI is InChI=1S/C11H14N6O3/c1-19-4-5-20-8-3-2-7(6-13-8)14-10(18)9-15-11(12)17-16-9/h2-3,6H,4-5H2,1H3,(H,14,18)(H3,12,15,16,17). The molecule has 2 aromatic rings. The van der Waals surface area contributed by atoms with Crippen LogP contribution in [0.25, 0.3) is 0 Å². The third-order valence-electron chi connectivity index (χ3n) is 2.25. The summed E-state index contributed by atoms with van der Waals surface area (Å²) in [6, 6.07) is 3.30. The lowest BCUT2D eigenvalue weighted by molar-refractivity contribution is 0.101. The van der Waals surface area contributed by atoms with Crippen molar-refractivity contribution in [3.8, 4) is 5.88 Å². The number of hydrogen-bond acceptors (Lipinski definition) is 7. The molecule has 0 aromatic carbocycles. The Labute approximate surface area is 114 Å². The SMILES string of the molecule is COCCOc1ccc(NC(=O)c2nc(N)n[nH]2)cn1. The van der Waals surface area contributed by atoms with E-state index in [4.69, 9.17) is 15.2 Å². The van der Waals surface area contributed by atoms with E-state index in [-0.39, 0.29) is 11.8 Å². The third-order valence-corrected chi connectivity index (χ3v) is 2.25. The van der Waals surface area contributed by atoms with E-state index in [0.29, 0.717) is 24.8 Å². The first kappa shape index (κ1) is 13.7. The summed E-state index contributed by atoms with van der Waals surface area (Å²) in [4.78, 5) is 19.5. The van der Waals surface area contributed by atoms with Crippen molar-refractivity contribution in [3.63, 3.8) is 0 Å². The zero-order chi connectivity index (χ0) is 14.4. The number of amides is 1. The average Bonchev–Trinajstić information content (AvgIpc) is 2.88. The number of nitrogen functional groups attached to an aromatic ring is 1. The Balaban J connectivity index is 1.91. The van der Waals surface area contributed by atoms with Gasteiger partial charge in [0.1, 0.15) is 6.61 Å². The number of methoxy groups -OCH3 is 1. The largest absolute Gasteiger partial charge is 0.475 e. The molecule has 20 heavy (non-hydrogen) atoms. The van der Waals surface area contributed by atoms with Crippen LogP contribution in [-0.2, 0) is 4.74 Å². The van der Waals surface area contributed by atoms with Gasteiger partial charge in [0.05, 0.1) is 18.5 Å². The molecular weight excluding hydrogens is 264 g/mol. The number of aromatic amines is 1. The number of nitrogens with one attached hydrogen (secondary N) is 2. The second-order valence-corrected chi connectivity index (χ2v) is 3.72. The summed E-state index contributed by atoms with van der Waals surface area (Å²) in [5.41, 5.74) is 5.82. The van der Waals surface area contributed by atoms with Crippen LogP contribution < -0.4 is 15.8 Å². The Morgan fingerprint density at radius 1 is 1.45 bits per heavy atom. The molecule has 4 N–H and O–H groups in total. The van der Waals surface area contributed by atoms with Crippen molar-refractivity contribution < 1.29 is 14.3 Å². The number of nitrogens with zero attached hydrogens (tertiary/aromatic N) is 3. The van der Waals surface area contributed by atoms with Gasteiger partial charge in [-0.1, -0.05) is 0 Å². The number of pyridine rings is 1. The lowest BCUT2D eigenvalue weighted by Crippen LogP contribution is -2.14. The van der Waals surface area contributed by atoms with Gasteiger partial charge in [0.2, 0.25) is 17.7 Å². The molecule has 0 aliphatic heterocycles. The molecular formula is C11H14N6O3. The molecule has 0 aliphatic rings. The van der Waals surface area contributed by atoms with Crippen molar-refractivity contribution >= 4 is 17.5 Å². The highest BCUT2D eigenvalue weighted by atomic mass is 16.5. The molecule has 0 saturated heterocycles. The van der Waals surface area contributed by atoms with Crippen molar-refractivity contribution in [2.75, 3.05) is 31.4 Å². The molecule has 0 unspecified atom stereocenters. The molecule has 0 spiro atoms. The van der Waals surface area contributed by atoms with E-state index in [1.165, 1.54) is 6.20 Å². The molecule has 106 valence electrons. The van der Waals surface area contributed by atoms with Gasteiger partial charge in [0, 0.05) is 13.2 Å². The summed E-state index contributed by atoms with van der Waals surface area (Å²) in [5, 5.41) is 8.58. The van der Waals surface area contributed by atoms with Crippen LogP contribution in [0.2, 0.25) is 0 Å². The van der Waals surface area contributed by atoms with Gasteiger partial charge in [-0.2, -0.15) is 4.98 Å². The number of rotatable bonds is 6. The van der Waals surface area contributed by atoms with Crippen LogP contribution in [0.4, 0.5) is 11.6 Å². The number of anilines is 2. The molecule has 0 atom stereocenters. The topological polar surface area (TPSA) is 128 Å².